The molecular formula is C23H22FN3O4. The van der Waals surface area contributed by atoms with E-state index in [0.29, 0.717) is 34.2 Å². The van der Waals surface area contributed by atoms with Crippen LogP contribution in [0.2, 0.25) is 0 Å². The lowest BCUT2D eigenvalue weighted by Gasteiger charge is -2.27. The molecule has 0 saturated carbocycles. The zero-order chi connectivity index (χ0) is 22.0. The summed E-state index contributed by atoms with van der Waals surface area (Å²) in [4.78, 5) is 19.2. The van der Waals surface area contributed by atoms with Crippen LogP contribution in [0.15, 0.2) is 54.7 Å². The monoisotopic (exact) mass is 423 g/mol. The van der Waals surface area contributed by atoms with E-state index in [1.165, 1.54) is 33.5 Å². The van der Waals surface area contributed by atoms with Crippen LogP contribution in [0.4, 0.5) is 10.1 Å². The number of carbonyl (C=O) groups is 1. The fraction of sp³-hybridized carbons (Fsp3) is 0.217. The van der Waals surface area contributed by atoms with Crippen molar-refractivity contribution in [2.45, 2.75) is 12.7 Å². The van der Waals surface area contributed by atoms with Gasteiger partial charge in [0, 0.05) is 30.6 Å². The number of rotatable bonds is 7. The second-order valence-corrected chi connectivity index (χ2v) is 6.96. The molecule has 160 valence electrons. The molecule has 2 aromatic carbocycles. The highest BCUT2D eigenvalue weighted by molar-refractivity contribution is 5.99. The van der Waals surface area contributed by atoms with E-state index in [-0.39, 0.29) is 18.3 Å². The number of amides is 1. The molecule has 1 atom stereocenters. The molecule has 0 spiro atoms. The van der Waals surface area contributed by atoms with Crippen LogP contribution < -0.4 is 19.5 Å². The summed E-state index contributed by atoms with van der Waals surface area (Å²) in [6.45, 7) is 0.289. The number of ether oxygens (including phenoxy) is 3. The molecule has 1 N–H and O–H groups in total. The highest BCUT2D eigenvalue weighted by Gasteiger charge is 2.38. The smallest absolute Gasteiger partial charge is 0.258 e. The lowest BCUT2D eigenvalue weighted by molar-refractivity contribution is 0.0727. The van der Waals surface area contributed by atoms with Gasteiger partial charge >= 0.3 is 0 Å². The largest absolute Gasteiger partial charge is 0.493 e. The SMILES string of the molecule is COc1cc(NC2c3ncccc3C(=O)N2Cc2ccc(F)cc2)cc(OC)c1OC. The van der Waals surface area contributed by atoms with Gasteiger partial charge in [-0.1, -0.05) is 12.1 Å². The van der Waals surface area contributed by atoms with Crippen molar-refractivity contribution < 1.29 is 23.4 Å². The Kier molecular flexibility index (Phi) is 5.62. The van der Waals surface area contributed by atoms with Crippen molar-refractivity contribution in [1.29, 1.82) is 0 Å². The van der Waals surface area contributed by atoms with Gasteiger partial charge in [-0.05, 0) is 29.8 Å². The predicted molar refractivity (Wildman–Crippen MR) is 113 cm³/mol. The average Bonchev–Trinajstić information content (AvgIpc) is 3.05. The molecule has 0 saturated heterocycles. The van der Waals surface area contributed by atoms with Gasteiger partial charge in [-0.15, -0.1) is 0 Å². The Morgan fingerprint density at radius 1 is 1.03 bits per heavy atom. The Labute approximate surface area is 179 Å². The number of aromatic nitrogens is 1. The molecule has 1 amide bonds. The van der Waals surface area contributed by atoms with E-state index in [4.69, 9.17) is 14.2 Å². The lowest BCUT2D eigenvalue weighted by Crippen LogP contribution is -2.32. The quantitative estimate of drug-likeness (QED) is 0.619. The molecule has 7 nitrogen and oxygen atoms in total. The van der Waals surface area contributed by atoms with E-state index in [0.717, 1.165) is 5.56 Å². The van der Waals surface area contributed by atoms with Gasteiger partial charge in [-0.25, -0.2) is 4.39 Å². The maximum atomic E-state index is 13.3. The van der Waals surface area contributed by atoms with Gasteiger partial charge < -0.3 is 24.4 Å². The number of benzene rings is 2. The minimum atomic E-state index is -0.531. The summed E-state index contributed by atoms with van der Waals surface area (Å²) in [5.41, 5.74) is 2.60. The van der Waals surface area contributed by atoms with Gasteiger partial charge in [-0.3, -0.25) is 9.78 Å². The third-order valence-corrected chi connectivity index (χ3v) is 5.13. The normalized spacial score (nSPS) is 14.9. The van der Waals surface area contributed by atoms with Gasteiger partial charge in [0.05, 0.1) is 32.6 Å². The van der Waals surface area contributed by atoms with Crippen LogP contribution in [-0.2, 0) is 6.54 Å². The highest BCUT2D eigenvalue weighted by atomic mass is 19.1. The minimum Gasteiger partial charge on any atom is -0.493 e. The van der Waals surface area contributed by atoms with E-state index < -0.39 is 6.17 Å². The first-order valence-electron chi connectivity index (χ1n) is 9.62. The van der Waals surface area contributed by atoms with E-state index in [9.17, 15) is 9.18 Å². The first kappa shape index (κ1) is 20.5. The minimum absolute atomic E-state index is 0.155. The van der Waals surface area contributed by atoms with Crippen molar-refractivity contribution in [2.24, 2.45) is 0 Å². The second kappa shape index (κ2) is 8.51. The lowest BCUT2D eigenvalue weighted by atomic mass is 10.2. The van der Waals surface area contributed by atoms with Crippen LogP contribution in [-0.4, -0.2) is 37.1 Å². The summed E-state index contributed by atoms with van der Waals surface area (Å²) in [7, 11) is 4.61. The Morgan fingerprint density at radius 2 is 1.71 bits per heavy atom. The number of hydrogen-bond acceptors (Lipinski definition) is 6. The Bertz CT molecular complexity index is 1080. The van der Waals surface area contributed by atoms with Gasteiger partial charge in [0.15, 0.2) is 11.5 Å². The molecule has 0 aliphatic carbocycles. The Hall–Kier alpha value is -3.81. The number of hydrogen-bond donors (Lipinski definition) is 1. The third kappa shape index (κ3) is 3.84. The van der Waals surface area contributed by atoms with E-state index in [1.807, 2.05) is 0 Å². The van der Waals surface area contributed by atoms with Crippen molar-refractivity contribution in [3.05, 3.63) is 77.4 Å². The number of methoxy groups -OCH3 is 3. The first-order valence-corrected chi connectivity index (χ1v) is 9.62. The molecule has 3 aromatic rings. The number of halogens is 1. The summed E-state index contributed by atoms with van der Waals surface area (Å²) < 4.78 is 29.6. The summed E-state index contributed by atoms with van der Waals surface area (Å²) in [6, 6.07) is 13.1. The molecule has 1 aliphatic rings. The molecule has 1 aromatic heterocycles. The summed E-state index contributed by atoms with van der Waals surface area (Å²) in [6.07, 6.45) is 1.12. The Morgan fingerprint density at radius 3 is 2.32 bits per heavy atom. The number of nitrogens with one attached hydrogen (secondary N) is 1. The van der Waals surface area contributed by atoms with Crippen LogP contribution in [0.1, 0.15) is 27.8 Å². The van der Waals surface area contributed by atoms with Crippen LogP contribution in [0, 0.1) is 5.82 Å². The van der Waals surface area contributed by atoms with Crippen LogP contribution in [0.3, 0.4) is 0 Å². The molecule has 0 fully saturated rings. The number of anilines is 1. The highest BCUT2D eigenvalue weighted by Crippen LogP contribution is 2.42. The molecule has 0 radical (unpaired) electrons. The van der Waals surface area contributed by atoms with Crippen LogP contribution >= 0.6 is 0 Å². The van der Waals surface area contributed by atoms with E-state index in [2.05, 4.69) is 10.3 Å². The second-order valence-electron chi connectivity index (χ2n) is 6.96. The standard InChI is InChI=1S/C23H22FN3O4/c1-29-18-11-16(12-19(30-2)21(18)31-3)26-22-20-17(5-4-10-25-20)23(28)27(22)13-14-6-8-15(24)9-7-14/h4-12,22,26H,13H2,1-3H3. The fourth-order valence-corrected chi connectivity index (χ4v) is 3.65. The molecule has 1 unspecified atom stereocenters. The third-order valence-electron chi connectivity index (χ3n) is 5.13. The van der Waals surface area contributed by atoms with E-state index in [1.54, 1.807) is 47.5 Å². The van der Waals surface area contributed by atoms with Crippen LogP contribution in [0.5, 0.6) is 17.2 Å². The molecular weight excluding hydrogens is 401 g/mol. The van der Waals surface area contributed by atoms with Crippen molar-refractivity contribution in [1.82, 2.24) is 9.88 Å². The number of nitrogens with zero attached hydrogens (tertiary/aromatic N) is 2. The number of pyridine rings is 1. The van der Waals surface area contributed by atoms with Crippen molar-refractivity contribution in [3.8, 4) is 17.2 Å². The van der Waals surface area contributed by atoms with Gasteiger partial charge in [0.25, 0.3) is 5.91 Å². The first-order chi connectivity index (χ1) is 15.0. The summed E-state index contributed by atoms with van der Waals surface area (Å²) >= 11 is 0. The summed E-state index contributed by atoms with van der Waals surface area (Å²) in [5.74, 6) is 0.964. The van der Waals surface area contributed by atoms with Crippen molar-refractivity contribution in [2.75, 3.05) is 26.6 Å². The van der Waals surface area contributed by atoms with Gasteiger partial charge in [0.2, 0.25) is 5.75 Å². The predicted octanol–water partition coefficient (Wildman–Crippen LogP) is 4.01. The molecule has 4 rings (SSSR count). The van der Waals surface area contributed by atoms with Gasteiger partial charge in [0.1, 0.15) is 12.0 Å². The zero-order valence-electron chi connectivity index (χ0n) is 17.4. The van der Waals surface area contributed by atoms with Crippen LogP contribution in [0.25, 0.3) is 0 Å². The zero-order valence-corrected chi connectivity index (χ0v) is 17.4. The number of carbonyl (C=O) groups excluding carboxylic acids is 1. The summed E-state index contributed by atoms with van der Waals surface area (Å²) in [5, 5.41) is 3.36. The maximum Gasteiger partial charge on any atom is 0.258 e. The fourth-order valence-electron chi connectivity index (χ4n) is 3.65. The maximum absolute atomic E-state index is 13.3. The molecule has 31 heavy (non-hydrogen) atoms. The average molecular weight is 423 g/mol. The molecule has 2 heterocycles. The molecule has 8 heteroatoms. The van der Waals surface area contributed by atoms with Crippen molar-refractivity contribution >= 4 is 11.6 Å². The van der Waals surface area contributed by atoms with Crippen molar-refractivity contribution in [3.63, 3.8) is 0 Å². The Balaban J connectivity index is 1.71. The van der Waals surface area contributed by atoms with Gasteiger partial charge in [-0.2, -0.15) is 0 Å². The van der Waals surface area contributed by atoms with E-state index >= 15 is 0 Å². The molecule has 1 aliphatic heterocycles. The topological polar surface area (TPSA) is 72.9 Å². The molecule has 0 bridgehead atoms. The number of fused-ring (bicyclic) bond motifs is 1.